The lowest BCUT2D eigenvalue weighted by molar-refractivity contribution is 0.202. The van der Waals surface area contributed by atoms with Crippen LogP contribution in [-0.2, 0) is 5.41 Å². The molecule has 334 valence electrons. The van der Waals surface area contributed by atoms with Crippen molar-refractivity contribution in [3.8, 4) is 102 Å². The molecule has 2 spiro atoms. The first-order chi connectivity index (χ1) is 34.5. The van der Waals surface area contributed by atoms with Gasteiger partial charge in [-0.3, -0.25) is 0 Å². The van der Waals surface area contributed by atoms with Crippen molar-refractivity contribution in [2.24, 2.45) is 23.2 Å². The second-order valence-corrected chi connectivity index (χ2v) is 20.2. The summed E-state index contributed by atoms with van der Waals surface area (Å²) in [5.74, 6) is 5.95. The van der Waals surface area contributed by atoms with E-state index < -0.39 is 0 Å². The Morgan fingerprint density at radius 2 is 0.771 bits per heavy atom. The van der Waals surface area contributed by atoms with Crippen molar-refractivity contribution in [3.05, 3.63) is 217 Å². The molecular weight excluding hydrogens is 853 g/mol. The van der Waals surface area contributed by atoms with Gasteiger partial charge < -0.3 is 0 Å². The van der Waals surface area contributed by atoms with Gasteiger partial charge in [-0.15, -0.1) is 0 Å². The highest BCUT2D eigenvalue weighted by Crippen LogP contribution is 2.82. The highest BCUT2D eigenvalue weighted by Gasteiger charge is 2.76. The SMILES string of the molecule is CC1CC2CC3(C1)CC3C21c2ccc(-c3cccc(-c4nc(-c5ccccc5)nc(-c5ccccc5)n4)c3)cc2-c2c(-c3cccc(-c4nc(-c5ccccc5)nc(-c5ccccc5)n4)c3)cccc21. The molecule has 70 heavy (non-hydrogen) atoms. The number of nitrogens with zero attached hydrogens (tertiary/aromatic N) is 6. The zero-order chi connectivity index (χ0) is 46.4. The van der Waals surface area contributed by atoms with Crippen LogP contribution >= 0.6 is 0 Å². The second-order valence-electron chi connectivity index (χ2n) is 20.2. The van der Waals surface area contributed by atoms with Crippen molar-refractivity contribution in [3.63, 3.8) is 0 Å². The Hall–Kier alpha value is -8.22. The molecule has 6 heteroatoms. The van der Waals surface area contributed by atoms with Gasteiger partial charge in [-0.1, -0.05) is 195 Å². The van der Waals surface area contributed by atoms with E-state index in [0.717, 1.165) is 50.4 Å². The summed E-state index contributed by atoms with van der Waals surface area (Å²) in [5, 5.41) is 0. The van der Waals surface area contributed by atoms with Crippen molar-refractivity contribution in [1.82, 2.24) is 29.9 Å². The molecule has 10 aromatic rings. The quantitative estimate of drug-likeness (QED) is 0.151. The van der Waals surface area contributed by atoms with E-state index in [2.05, 4.69) is 140 Å². The molecule has 0 aliphatic heterocycles. The molecule has 5 atom stereocenters. The van der Waals surface area contributed by atoms with Crippen molar-refractivity contribution in [1.29, 1.82) is 0 Å². The topological polar surface area (TPSA) is 77.3 Å². The number of hydrogen-bond donors (Lipinski definition) is 0. The fourth-order valence-corrected chi connectivity index (χ4v) is 13.2. The molecule has 3 saturated carbocycles. The molecule has 2 bridgehead atoms. The van der Waals surface area contributed by atoms with Crippen LogP contribution < -0.4 is 0 Å². The first-order valence-electron chi connectivity index (χ1n) is 24.7. The van der Waals surface area contributed by atoms with Crippen LogP contribution in [0, 0.1) is 23.2 Å². The van der Waals surface area contributed by atoms with E-state index in [0.29, 0.717) is 52.2 Å². The minimum absolute atomic E-state index is 0.000632. The van der Waals surface area contributed by atoms with E-state index >= 15 is 0 Å². The van der Waals surface area contributed by atoms with Crippen LogP contribution in [-0.4, -0.2) is 29.9 Å². The second kappa shape index (κ2) is 15.9. The molecule has 0 radical (unpaired) electrons. The fourth-order valence-electron chi connectivity index (χ4n) is 13.2. The lowest BCUT2D eigenvalue weighted by Crippen LogP contribution is -2.35. The summed E-state index contributed by atoms with van der Waals surface area (Å²) in [6.07, 6.45) is 5.28. The minimum Gasteiger partial charge on any atom is -0.208 e. The van der Waals surface area contributed by atoms with Gasteiger partial charge in [0.1, 0.15) is 0 Å². The normalized spacial score (nSPS) is 21.2. The van der Waals surface area contributed by atoms with Gasteiger partial charge in [0.15, 0.2) is 34.9 Å². The zero-order valence-electron chi connectivity index (χ0n) is 38.9. The van der Waals surface area contributed by atoms with Crippen LogP contribution in [0.1, 0.15) is 43.7 Å². The largest absolute Gasteiger partial charge is 0.208 e. The van der Waals surface area contributed by atoms with Gasteiger partial charge in [-0.2, -0.15) is 0 Å². The van der Waals surface area contributed by atoms with Crippen molar-refractivity contribution >= 4 is 0 Å². The van der Waals surface area contributed by atoms with E-state index in [1.807, 2.05) is 72.8 Å². The molecule has 5 unspecified atom stereocenters. The van der Waals surface area contributed by atoms with Crippen LogP contribution in [0.3, 0.4) is 0 Å². The summed E-state index contributed by atoms with van der Waals surface area (Å²) in [4.78, 5) is 30.4. The lowest BCUT2D eigenvalue weighted by Gasteiger charge is -2.39. The first kappa shape index (κ1) is 40.8. The predicted molar refractivity (Wildman–Crippen MR) is 280 cm³/mol. The van der Waals surface area contributed by atoms with Crippen LogP contribution in [0.2, 0.25) is 0 Å². The highest BCUT2D eigenvalue weighted by molar-refractivity contribution is 5.96. The third-order valence-electron chi connectivity index (χ3n) is 16.0. The van der Waals surface area contributed by atoms with Gasteiger partial charge >= 0.3 is 0 Å². The summed E-state index contributed by atoms with van der Waals surface area (Å²) in [6, 6.07) is 73.0. The van der Waals surface area contributed by atoms with Crippen LogP contribution in [0.5, 0.6) is 0 Å². The Balaban J connectivity index is 0.916. The molecule has 8 aromatic carbocycles. The molecular formula is C64H48N6. The molecule has 0 amide bonds. The molecule has 2 aromatic heterocycles. The standard InChI is InChI=1S/C64H48N6/c1-40-33-50-38-63(37-40)39-55(63)64(50)53-32-31-46(45-25-14-27-48(34-45)61-67-57(41-17-6-2-7-18-41)65-58(68-61)42-19-8-3-9-20-42)36-52(53)56-51(29-16-30-54(56)64)47-26-15-28-49(35-47)62-69-59(43-21-10-4-11-22-43)66-60(70-62)44-23-12-5-13-24-44/h2-32,34-36,40,50,55H,33,37-39H2,1H3. The zero-order valence-corrected chi connectivity index (χ0v) is 38.9. The van der Waals surface area contributed by atoms with Crippen molar-refractivity contribution < 1.29 is 0 Å². The van der Waals surface area contributed by atoms with Crippen molar-refractivity contribution in [2.45, 2.75) is 38.0 Å². The number of aromatic nitrogens is 6. The lowest BCUT2D eigenvalue weighted by atomic mass is 9.64. The van der Waals surface area contributed by atoms with E-state index in [4.69, 9.17) is 29.9 Å². The molecule has 6 nitrogen and oxygen atoms in total. The number of rotatable bonds is 8. The van der Waals surface area contributed by atoms with E-state index in [9.17, 15) is 0 Å². The van der Waals surface area contributed by atoms with E-state index in [-0.39, 0.29) is 5.41 Å². The molecule has 14 rings (SSSR count). The number of benzene rings is 8. The fraction of sp³-hybridized carbons (Fsp3) is 0.156. The summed E-state index contributed by atoms with van der Waals surface area (Å²) in [6.45, 7) is 2.50. The van der Waals surface area contributed by atoms with Gasteiger partial charge in [0.25, 0.3) is 0 Å². The molecule has 3 fully saturated rings. The molecule has 2 heterocycles. The van der Waals surface area contributed by atoms with Gasteiger partial charge in [-0.05, 0) is 112 Å². The minimum atomic E-state index is -0.000632. The predicted octanol–water partition coefficient (Wildman–Crippen LogP) is 15.1. The maximum Gasteiger partial charge on any atom is 0.164 e. The summed E-state index contributed by atoms with van der Waals surface area (Å²) in [5.41, 5.74) is 16.7. The Morgan fingerprint density at radius 3 is 1.30 bits per heavy atom. The number of hydrogen-bond acceptors (Lipinski definition) is 6. The Kier molecular flexibility index (Phi) is 9.29. The molecule has 4 aliphatic rings. The van der Waals surface area contributed by atoms with Crippen LogP contribution in [0.4, 0.5) is 0 Å². The van der Waals surface area contributed by atoms with Crippen LogP contribution in [0.15, 0.2) is 206 Å². The number of fused-ring (bicyclic) bond motifs is 8. The third kappa shape index (κ3) is 6.54. The Morgan fingerprint density at radius 1 is 0.343 bits per heavy atom. The highest BCUT2D eigenvalue weighted by atomic mass is 15.0. The van der Waals surface area contributed by atoms with Gasteiger partial charge in [0.05, 0.1) is 0 Å². The molecule has 4 aliphatic carbocycles. The Bertz CT molecular complexity index is 3540. The summed E-state index contributed by atoms with van der Waals surface area (Å²) >= 11 is 0. The van der Waals surface area contributed by atoms with E-state index in [1.54, 1.807) is 0 Å². The average molecular weight is 901 g/mol. The van der Waals surface area contributed by atoms with Gasteiger partial charge in [0, 0.05) is 38.8 Å². The van der Waals surface area contributed by atoms with Crippen LogP contribution in [0.25, 0.3) is 102 Å². The third-order valence-corrected chi connectivity index (χ3v) is 16.0. The average Bonchev–Trinajstić information content (AvgIpc) is 3.96. The molecule has 0 saturated heterocycles. The summed E-state index contributed by atoms with van der Waals surface area (Å²) < 4.78 is 0. The first-order valence-corrected chi connectivity index (χ1v) is 24.7. The maximum atomic E-state index is 5.14. The summed E-state index contributed by atoms with van der Waals surface area (Å²) in [7, 11) is 0. The smallest absolute Gasteiger partial charge is 0.164 e. The molecule has 0 N–H and O–H groups in total. The maximum absolute atomic E-state index is 5.14. The monoisotopic (exact) mass is 900 g/mol. The Labute approximate surface area is 408 Å². The van der Waals surface area contributed by atoms with Gasteiger partial charge in [0.2, 0.25) is 0 Å². The van der Waals surface area contributed by atoms with Gasteiger partial charge in [-0.25, -0.2) is 29.9 Å². The van der Waals surface area contributed by atoms with E-state index in [1.165, 1.54) is 59.1 Å². The van der Waals surface area contributed by atoms with Crippen molar-refractivity contribution in [2.75, 3.05) is 0 Å².